The molecule has 30 heavy (non-hydrogen) atoms. The summed E-state index contributed by atoms with van der Waals surface area (Å²) < 4.78 is 13.4. The fourth-order valence-electron chi connectivity index (χ4n) is 3.81. The van der Waals surface area contributed by atoms with Crippen molar-refractivity contribution < 1.29 is 9.18 Å². The number of carbonyl (C=O) groups is 1. The average molecular weight is 404 g/mol. The molecule has 0 saturated carbocycles. The summed E-state index contributed by atoms with van der Waals surface area (Å²) in [6.45, 7) is 4.01. The van der Waals surface area contributed by atoms with Gasteiger partial charge >= 0.3 is 0 Å². The van der Waals surface area contributed by atoms with Crippen molar-refractivity contribution in [2.75, 3.05) is 18.0 Å². The van der Waals surface area contributed by atoms with E-state index in [9.17, 15) is 9.18 Å². The Balaban J connectivity index is 1.38. The quantitative estimate of drug-likeness (QED) is 0.695. The summed E-state index contributed by atoms with van der Waals surface area (Å²) in [6.07, 6.45) is 5.19. The number of halogens is 1. The average Bonchev–Trinajstić information content (AvgIpc) is 2.78. The van der Waals surface area contributed by atoms with Gasteiger partial charge in [-0.05, 0) is 48.6 Å². The van der Waals surface area contributed by atoms with Gasteiger partial charge in [-0.25, -0.2) is 14.4 Å². The van der Waals surface area contributed by atoms with Crippen LogP contribution in [0, 0.1) is 18.7 Å². The lowest BCUT2D eigenvalue weighted by molar-refractivity contribution is -0.125. The van der Waals surface area contributed by atoms with Crippen molar-refractivity contribution in [2.45, 2.75) is 26.3 Å². The zero-order valence-corrected chi connectivity index (χ0v) is 17.0. The third-order valence-electron chi connectivity index (χ3n) is 5.59. The van der Waals surface area contributed by atoms with Crippen LogP contribution in [-0.2, 0) is 11.3 Å². The SMILES string of the molecule is Cc1ccccc1CNC(=O)[C@H]1CCCN(c2ncc(-c3cccc(F)c3)cn2)C1. The highest BCUT2D eigenvalue weighted by Crippen LogP contribution is 2.23. The minimum Gasteiger partial charge on any atom is -0.352 e. The summed E-state index contributed by atoms with van der Waals surface area (Å²) >= 11 is 0. The first-order valence-electron chi connectivity index (χ1n) is 10.3. The Morgan fingerprint density at radius 3 is 2.70 bits per heavy atom. The molecule has 1 N–H and O–H groups in total. The van der Waals surface area contributed by atoms with Crippen molar-refractivity contribution >= 4 is 11.9 Å². The maximum Gasteiger partial charge on any atom is 0.225 e. The lowest BCUT2D eigenvalue weighted by Gasteiger charge is -2.32. The third kappa shape index (κ3) is 4.64. The summed E-state index contributed by atoms with van der Waals surface area (Å²) in [6, 6.07) is 14.5. The number of anilines is 1. The summed E-state index contributed by atoms with van der Waals surface area (Å²) in [7, 11) is 0. The van der Waals surface area contributed by atoms with E-state index in [4.69, 9.17) is 0 Å². The van der Waals surface area contributed by atoms with E-state index in [2.05, 4.69) is 33.2 Å². The number of amides is 1. The zero-order valence-electron chi connectivity index (χ0n) is 17.0. The van der Waals surface area contributed by atoms with Crippen LogP contribution in [0.25, 0.3) is 11.1 Å². The van der Waals surface area contributed by atoms with Gasteiger partial charge in [0, 0.05) is 37.6 Å². The minimum absolute atomic E-state index is 0.0688. The molecule has 154 valence electrons. The van der Waals surface area contributed by atoms with E-state index in [0.29, 0.717) is 19.0 Å². The molecular weight excluding hydrogens is 379 g/mol. The van der Waals surface area contributed by atoms with Crippen molar-refractivity contribution in [1.29, 1.82) is 0 Å². The number of piperidine rings is 1. The second-order valence-electron chi connectivity index (χ2n) is 7.71. The standard InChI is InChI=1S/C24H25FN4O/c1-17-6-2-3-7-19(17)13-26-23(30)20-9-5-11-29(16-20)24-27-14-21(15-28-24)18-8-4-10-22(25)12-18/h2-4,6-8,10,12,14-15,20H,5,9,11,13,16H2,1H3,(H,26,30)/t20-/m0/s1. The molecule has 1 aliphatic rings. The molecule has 0 radical (unpaired) electrons. The van der Waals surface area contributed by atoms with Gasteiger partial charge in [-0.2, -0.15) is 0 Å². The Hall–Kier alpha value is -3.28. The molecule has 1 aliphatic heterocycles. The molecule has 1 fully saturated rings. The van der Waals surface area contributed by atoms with Crippen molar-refractivity contribution in [3.05, 3.63) is 77.9 Å². The predicted octanol–water partition coefficient (Wildman–Crippen LogP) is 4.12. The molecule has 6 heteroatoms. The fraction of sp³-hybridized carbons (Fsp3) is 0.292. The number of nitrogens with one attached hydrogen (secondary N) is 1. The van der Waals surface area contributed by atoms with Gasteiger partial charge in [-0.1, -0.05) is 36.4 Å². The number of aromatic nitrogens is 2. The summed E-state index contributed by atoms with van der Waals surface area (Å²) in [4.78, 5) is 23.7. The molecule has 1 aromatic heterocycles. The molecule has 4 rings (SSSR count). The van der Waals surface area contributed by atoms with Crippen LogP contribution < -0.4 is 10.2 Å². The van der Waals surface area contributed by atoms with Gasteiger partial charge < -0.3 is 10.2 Å². The van der Waals surface area contributed by atoms with Crippen LogP contribution in [-0.4, -0.2) is 29.0 Å². The van der Waals surface area contributed by atoms with Crippen LogP contribution in [0.3, 0.4) is 0 Å². The number of rotatable bonds is 5. The molecular formula is C24H25FN4O. The van der Waals surface area contributed by atoms with Gasteiger partial charge in [-0.15, -0.1) is 0 Å². The Kier molecular flexibility index (Phi) is 6.02. The number of carbonyl (C=O) groups excluding carboxylic acids is 1. The van der Waals surface area contributed by atoms with Gasteiger partial charge in [0.2, 0.25) is 11.9 Å². The first kappa shape index (κ1) is 20.0. The summed E-state index contributed by atoms with van der Waals surface area (Å²) in [5.74, 6) is 0.298. The van der Waals surface area contributed by atoms with Crippen molar-refractivity contribution in [2.24, 2.45) is 5.92 Å². The van der Waals surface area contributed by atoms with Gasteiger partial charge in [-0.3, -0.25) is 4.79 Å². The largest absolute Gasteiger partial charge is 0.352 e. The molecule has 0 aliphatic carbocycles. The molecule has 2 heterocycles. The van der Waals surface area contributed by atoms with E-state index in [1.807, 2.05) is 24.3 Å². The number of hydrogen-bond donors (Lipinski definition) is 1. The van der Waals surface area contributed by atoms with Crippen LogP contribution in [0.5, 0.6) is 0 Å². The molecule has 0 spiro atoms. The third-order valence-corrected chi connectivity index (χ3v) is 5.59. The monoisotopic (exact) mass is 404 g/mol. The van der Waals surface area contributed by atoms with Crippen LogP contribution in [0.15, 0.2) is 60.9 Å². The van der Waals surface area contributed by atoms with Crippen LogP contribution in [0.1, 0.15) is 24.0 Å². The van der Waals surface area contributed by atoms with Gasteiger partial charge in [0.25, 0.3) is 0 Å². The van der Waals surface area contributed by atoms with E-state index in [-0.39, 0.29) is 17.6 Å². The van der Waals surface area contributed by atoms with Crippen LogP contribution >= 0.6 is 0 Å². The van der Waals surface area contributed by atoms with Crippen LogP contribution in [0.4, 0.5) is 10.3 Å². The van der Waals surface area contributed by atoms with Crippen molar-refractivity contribution in [3.63, 3.8) is 0 Å². The first-order valence-corrected chi connectivity index (χ1v) is 10.3. The summed E-state index contributed by atoms with van der Waals surface area (Å²) in [5.41, 5.74) is 3.82. The highest BCUT2D eigenvalue weighted by molar-refractivity contribution is 5.79. The molecule has 0 unspecified atom stereocenters. The van der Waals surface area contributed by atoms with Crippen LogP contribution in [0.2, 0.25) is 0 Å². The van der Waals surface area contributed by atoms with Gasteiger partial charge in [0.1, 0.15) is 5.82 Å². The van der Waals surface area contributed by atoms with E-state index >= 15 is 0 Å². The normalized spacial score (nSPS) is 16.3. The van der Waals surface area contributed by atoms with Gasteiger partial charge in [0.15, 0.2) is 0 Å². The van der Waals surface area contributed by atoms with Gasteiger partial charge in [0.05, 0.1) is 5.92 Å². The number of nitrogens with zero attached hydrogens (tertiary/aromatic N) is 3. The minimum atomic E-state index is -0.285. The van der Waals surface area contributed by atoms with E-state index in [0.717, 1.165) is 36.1 Å². The van der Waals surface area contributed by atoms with E-state index in [1.165, 1.54) is 17.7 Å². The zero-order chi connectivity index (χ0) is 20.9. The lowest BCUT2D eigenvalue weighted by atomic mass is 9.97. The molecule has 1 amide bonds. The molecule has 0 bridgehead atoms. The fourth-order valence-corrected chi connectivity index (χ4v) is 3.81. The Morgan fingerprint density at radius 2 is 1.93 bits per heavy atom. The number of benzene rings is 2. The molecule has 5 nitrogen and oxygen atoms in total. The van der Waals surface area contributed by atoms with E-state index < -0.39 is 0 Å². The summed E-state index contributed by atoms with van der Waals surface area (Å²) in [5, 5.41) is 3.08. The molecule has 1 saturated heterocycles. The lowest BCUT2D eigenvalue weighted by Crippen LogP contribution is -2.43. The Bertz CT molecular complexity index is 1020. The van der Waals surface area contributed by atoms with Crippen molar-refractivity contribution in [3.8, 4) is 11.1 Å². The second kappa shape index (κ2) is 9.03. The first-order chi connectivity index (χ1) is 14.6. The topological polar surface area (TPSA) is 58.1 Å². The highest BCUT2D eigenvalue weighted by Gasteiger charge is 2.27. The smallest absolute Gasteiger partial charge is 0.225 e. The molecule has 3 aromatic rings. The number of hydrogen-bond acceptors (Lipinski definition) is 4. The Morgan fingerprint density at radius 1 is 1.13 bits per heavy atom. The van der Waals surface area contributed by atoms with E-state index in [1.54, 1.807) is 18.5 Å². The van der Waals surface area contributed by atoms with Crippen molar-refractivity contribution in [1.82, 2.24) is 15.3 Å². The molecule has 1 atom stereocenters. The Labute approximate surface area is 176 Å². The highest BCUT2D eigenvalue weighted by atomic mass is 19.1. The maximum atomic E-state index is 13.4. The maximum absolute atomic E-state index is 13.4. The predicted molar refractivity (Wildman–Crippen MR) is 115 cm³/mol. The second-order valence-corrected chi connectivity index (χ2v) is 7.71. The number of aryl methyl sites for hydroxylation is 1. The molecule has 2 aromatic carbocycles.